The first kappa shape index (κ1) is 10.7. The van der Waals surface area contributed by atoms with Crippen molar-refractivity contribution in [3.63, 3.8) is 0 Å². The van der Waals surface area contributed by atoms with E-state index in [9.17, 15) is 0 Å². The lowest BCUT2D eigenvalue weighted by Gasteiger charge is -2.19. The lowest BCUT2D eigenvalue weighted by atomic mass is 9.89. The predicted molar refractivity (Wildman–Crippen MR) is 55.2 cm³/mol. The Hall–Kier alpha value is -0.270. The highest BCUT2D eigenvalue weighted by Gasteiger charge is 2.11. The van der Waals surface area contributed by atoms with Gasteiger partial charge >= 0.3 is 0 Å². The summed E-state index contributed by atoms with van der Waals surface area (Å²) in [4.78, 5) is 0. The van der Waals surface area contributed by atoms with Gasteiger partial charge in [-0.25, -0.2) is 0 Å². The van der Waals surface area contributed by atoms with Crippen LogP contribution in [-0.2, 0) is 0 Å². The van der Waals surface area contributed by atoms with Crippen LogP contribution in [0.5, 0.6) is 0 Å². The lowest BCUT2D eigenvalue weighted by molar-refractivity contribution is 0.505. The van der Waals surface area contributed by atoms with Gasteiger partial charge in [0.1, 0.15) is 0 Å². The summed E-state index contributed by atoms with van der Waals surface area (Å²) in [6.45, 7) is 8.83. The Morgan fingerprint density at radius 2 is 2.09 bits per heavy atom. The highest BCUT2D eigenvalue weighted by atomic mass is 31.1. The van der Waals surface area contributed by atoms with Crippen molar-refractivity contribution in [1.29, 1.82) is 0 Å². The molecule has 0 aliphatic heterocycles. The first-order chi connectivity index (χ1) is 4.98. The number of hydrogen-bond donors (Lipinski definition) is 0. The minimum atomic E-state index is 0.307. The maximum absolute atomic E-state index is 5.15. The van der Waals surface area contributed by atoms with E-state index in [-0.39, 0.29) is 0 Å². The van der Waals surface area contributed by atoms with Gasteiger partial charge in [-0.15, -0.1) is 12.3 Å². The molecule has 1 unspecified atom stereocenters. The maximum atomic E-state index is 5.15. The van der Waals surface area contributed by atoms with Crippen LogP contribution in [0.25, 0.3) is 0 Å². The Morgan fingerprint density at radius 1 is 1.55 bits per heavy atom. The van der Waals surface area contributed by atoms with E-state index in [1.54, 1.807) is 0 Å². The molecule has 1 atom stereocenters. The SMILES string of the molecule is C#CCP/C=C(\C)C(C)(C)C. The fraction of sp³-hybridized carbons (Fsp3) is 0.600. The number of rotatable bonds is 2. The maximum Gasteiger partial charge on any atom is 0.0296 e. The van der Waals surface area contributed by atoms with Crippen molar-refractivity contribution >= 4 is 8.58 Å². The van der Waals surface area contributed by atoms with Crippen LogP contribution in [0.2, 0.25) is 0 Å². The predicted octanol–water partition coefficient (Wildman–Crippen LogP) is 3.25. The monoisotopic (exact) mass is 168 g/mol. The second-order valence-corrected chi connectivity index (χ2v) is 4.71. The molecule has 11 heavy (non-hydrogen) atoms. The molecule has 0 aromatic rings. The average Bonchev–Trinajstić information content (AvgIpc) is 1.86. The number of terminal acetylenes is 1. The van der Waals surface area contributed by atoms with Gasteiger partial charge in [0.25, 0.3) is 0 Å². The second kappa shape index (κ2) is 4.58. The third kappa shape index (κ3) is 5.05. The van der Waals surface area contributed by atoms with Gasteiger partial charge in [0.15, 0.2) is 0 Å². The van der Waals surface area contributed by atoms with Crippen LogP contribution in [-0.4, -0.2) is 6.16 Å². The van der Waals surface area contributed by atoms with Gasteiger partial charge in [-0.3, -0.25) is 0 Å². The molecule has 0 N–H and O–H groups in total. The third-order valence-electron chi connectivity index (χ3n) is 1.71. The molecule has 0 aromatic carbocycles. The molecule has 0 nitrogen and oxygen atoms in total. The third-order valence-corrected chi connectivity index (χ3v) is 2.75. The summed E-state index contributed by atoms with van der Waals surface area (Å²) in [5.41, 5.74) is 1.74. The van der Waals surface area contributed by atoms with Crippen LogP contribution in [0, 0.1) is 17.8 Å². The van der Waals surface area contributed by atoms with Gasteiger partial charge < -0.3 is 0 Å². The van der Waals surface area contributed by atoms with E-state index >= 15 is 0 Å². The summed E-state index contributed by atoms with van der Waals surface area (Å²) in [5, 5.41) is 0. The summed E-state index contributed by atoms with van der Waals surface area (Å²) < 4.78 is 0. The van der Waals surface area contributed by atoms with E-state index in [1.807, 2.05) is 0 Å². The smallest absolute Gasteiger partial charge is 0.0296 e. The molecule has 0 amide bonds. The summed E-state index contributed by atoms with van der Waals surface area (Å²) in [7, 11) is 0.788. The molecule has 1 heteroatoms. The normalized spacial score (nSPS) is 13.9. The van der Waals surface area contributed by atoms with Crippen LogP contribution >= 0.6 is 8.58 Å². The molecular weight excluding hydrogens is 151 g/mol. The minimum absolute atomic E-state index is 0.307. The topological polar surface area (TPSA) is 0 Å². The number of allylic oxidation sites excluding steroid dienone is 1. The first-order valence-electron chi connectivity index (χ1n) is 3.82. The van der Waals surface area contributed by atoms with Crippen LogP contribution < -0.4 is 0 Å². The van der Waals surface area contributed by atoms with Crippen molar-refractivity contribution in [1.82, 2.24) is 0 Å². The van der Waals surface area contributed by atoms with Crippen molar-refractivity contribution in [2.24, 2.45) is 5.41 Å². The van der Waals surface area contributed by atoms with Gasteiger partial charge in [-0.1, -0.05) is 40.7 Å². The van der Waals surface area contributed by atoms with Crippen molar-refractivity contribution in [3.05, 3.63) is 11.4 Å². The van der Waals surface area contributed by atoms with E-state index in [0.29, 0.717) is 5.41 Å². The first-order valence-corrected chi connectivity index (χ1v) is 5.11. The van der Waals surface area contributed by atoms with Crippen LogP contribution in [0.3, 0.4) is 0 Å². The Balaban J connectivity index is 3.93. The second-order valence-electron chi connectivity index (χ2n) is 3.66. The fourth-order valence-corrected chi connectivity index (χ4v) is 1.44. The van der Waals surface area contributed by atoms with Gasteiger partial charge in [0.2, 0.25) is 0 Å². The molecule has 0 saturated carbocycles. The highest BCUT2D eigenvalue weighted by Crippen LogP contribution is 2.28. The molecule has 0 spiro atoms. The van der Waals surface area contributed by atoms with Crippen LogP contribution in [0.4, 0.5) is 0 Å². The van der Waals surface area contributed by atoms with Crippen molar-refractivity contribution in [3.8, 4) is 12.3 Å². The zero-order valence-electron chi connectivity index (χ0n) is 7.86. The molecule has 0 saturated heterocycles. The quantitative estimate of drug-likeness (QED) is 0.337. The molecule has 0 bridgehead atoms. The summed E-state index contributed by atoms with van der Waals surface area (Å²) >= 11 is 0. The van der Waals surface area contributed by atoms with Crippen molar-refractivity contribution < 1.29 is 0 Å². The minimum Gasteiger partial charge on any atom is -0.120 e. The van der Waals surface area contributed by atoms with Gasteiger partial charge in [0, 0.05) is 6.16 Å². The molecule has 0 rings (SSSR count). The van der Waals surface area contributed by atoms with Gasteiger partial charge in [-0.2, -0.15) is 0 Å². The van der Waals surface area contributed by atoms with Crippen LogP contribution in [0.15, 0.2) is 11.4 Å². The standard InChI is InChI=1S/C10H17P/c1-6-7-11-8-9(2)10(3,4)5/h1,8,11H,7H2,2-5H3/b9-8+. The molecule has 0 aliphatic rings. The number of hydrogen-bond acceptors (Lipinski definition) is 0. The van der Waals surface area contributed by atoms with Crippen LogP contribution in [0.1, 0.15) is 27.7 Å². The zero-order valence-corrected chi connectivity index (χ0v) is 8.86. The summed E-state index contributed by atoms with van der Waals surface area (Å²) in [5.74, 6) is 4.91. The molecule has 62 valence electrons. The Morgan fingerprint density at radius 3 is 2.45 bits per heavy atom. The van der Waals surface area contributed by atoms with Gasteiger partial charge in [-0.05, 0) is 12.3 Å². The molecular formula is C10H17P. The fourth-order valence-electron chi connectivity index (χ4n) is 0.480. The van der Waals surface area contributed by atoms with E-state index < -0.39 is 0 Å². The van der Waals surface area contributed by atoms with Gasteiger partial charge in [0.05, 0.1) is 0 Å². The largest absolute Gasteiger partial charge is 0.120 e. The van der Waals surface area contributed by atoms with E-state index in [4.69, 9.17) is 6.42 Å². The van der Waals surface area contributed by atoms with E-state index in [0.717, 1.165) is 14.7 Å². The molecule has 0 fully saturated rings. The molecule has 0 aliphatic carbocycles. The Bertz CT molecular complexity index is 176. The summed E-state index contributed by atoms with van der Waals surface area (Å²) in [6, 6.07) is 0. The Kier molecular flexibility index (Phi) is 4.46. The average molecular weight is 168 g/mol. The van der Waals surface area contributed by atoms with Crippen molar-refractivity contribution in [2.75, 3.05) is 6.16 Å². The van der Waals surface area contributed by atoms with E-state index in [1.165, 1.54) is 5.57 Å². The molecule has 0 aromatic heterocycles. The van der Waals surface area contributed by atoms with Crippen molar-refractivity contribution in [2.45, 2.75) is 27.7 Å². The molecule has 0 radical (unpaired) electrons. The highest BCUT2D eigenvalue weighted by molar-refractivity contribution is 7.42. The Labute approximate surface area is 72.2 Å². The van der Waals surface area contributed by atoms with E-state index in [2.05, 4.69) is 39.4 Å². The lowest BCUT2D eigenvalue weighted by Crippen LogP contribution is -2.05. The molecule has 0 heterocycles. The summed E-state index contributed by atoms with van der Waals surface area (Å²) in [6.07, 6.45) is 6.03. The zero-order chi connectivity index (χ0) is 8.91.